The number of amides is 1. The van der Waals surface area contributed by atoms with E-state index in [9.17, 15) is 4.79 Å². The highest BCUT2D eigenvalue weighted by molar-refractivity contribution is 6.11. The molecule has 0 aromatic heterocycles. The molecular weight excluding hydrogens is 458 g/mol. The molecule has 5 heteroatoms. The molecule has 1 saturated carbocycles. The van der Waals surface area contributed by atoms with Gasteiger partial charge in [0.25, 0.3) is 5.91 Å². The number of rotatable bonds is 8. The number of hydrogen-bond donors (Lipinski definition) is 0. The molecule has 2 fully saturated rings. The van der Waals surface area contributed by atoms with Crippen molar-refractivity contribution in [2.45, 2.75) is 58.2 Å². The highest BCUT2D eigenvalue weighted by Crippen LogP contribution is 2.26. The summed E-state index contributed by atoms with van der Waals surface area (Å²) in [7, 11) is 0. The lowest BCUT2D eigenvalue weighted by Crippen LogP contribution is -2.30. The van der Waals surface area contributed by atoms with Crippen LogP contribution in [0.4, 0.5) is 5.69 Å². The van der Waals surface area contributed by atoms with E-state index >= 15 is 0 Å². The smallest absolute Gasteiger partial charge is 0.300 e. The topological polar surface area (TPSA) is 45.1 Å². The Hall–Kier alpha value is -3.86. The molecule has 0 N–H and O–H groups in total. The molecule has 2 aliphatic rings. The Morgan fingerprint density at radius 2 is 1.46 bits per heavy atom. The molecule has 0 unspecified atom stereocenters. The Balaban J connectivity index is 1.35. The summed E-state index contributed by atoms with van der Waals surface area (Å²) in [5, 5.41) is 0. The van der Waals surface area contributed by atoms with Crippen LogP contribution in [0.2, 0.25) is 0 Å². The van der Waals surface area contributed by atoms with Crippen LogP contribution in [0.1, 0.15) is 55.7 Å². The molecule has 3 aromatic carbocycles. The number of anilines is 1. The molecule has 1 aliphatic carbocycles. The molecule has 1 amide bonds. The number of benzene rings is 3. The zero-order chi connectivity index (χ0) is 25.5. The molecule has 1 saturated heterocycles. The van der Waals surface area contributed by atoms with Gasteiger partial charge in [-0.15, -0.1) is 0 Å². The zero-order valence-corrected chi connectivity index (χ0v) is 21.6. The first-order chi connectivity index (χ1) is 18.2. The molecule has 0 spiro atoms. The molecular formula is C32H35N3O2. The first-order valence-corrected chi connectivity index (χ1v) is 13.4. The maximum atomic E-state index is 13.0. The number of carbonyl (C=O) groups is 1. The van der Waals surface area contributed by atoms with Gasteiger partial charge in [-0.2, -0.15) is 0 Å². The van der Waals surface area contributed by atoms with Gasteiger partial charge in [0.05, 0.1) is 6.04 Å². The van der Waals surface area contributed by atoms with Crippen molar-refractivity contribution in [1.82, 2.24) is 4.90 Å². The van der Waals surface area contributed by atoms with Crippen molar-refractivity contribution in [2.75, 3.05) is 11.4 Å². The summed E-state index contributed by atoms with van der Waals surface area (Å²) in [6.45, 7) is 4.13. The van der Waals surface area contributed by atoms with E-state index in [-0.39, 0.29) is 11.9 Å². The van der Waals surface area contributed by atoms with Crippen molar-refractivity contribution < 1.29 is 9.53 Å². The molecule has 190 valence electrons. The Morgan fingerprint density at radius 1 is 0.865 bits per heavy atom. The van der Waals surface area contributed by atoms with Gasteiger partial charge in [0.1, 0.15) is 0 Å². The molecule has 5 rings (SSSR count). The van der Waals surface area contributed by atoms with E-state index in [1.807, 2.05) is 25.1 Å². The molecule has 37 heavy (non-hydrogen) atoms. The summed E-state index contributed by atoms with van der Waals surface area (Å²) in [6, 6.07) is 30.1. The first-order valence-electron chi connectivity index (χ1n) is 13.4. The van der Waals surface area contributed by atoms with Crippen molar-refractivity contribution in [3.63, 3.8) is 0 Å². The van der Waals surface area contributed by atoms with Gasteiger partial charge in [0.2, 0.25) is 0 Å². The third-order valence-corrected chi connectivity index (χ3v) is 7.06. The number of hydrogen-bond acceptors (Lipinski definition) is 4. The summed E-state index contributed by atoms with van der Waals surface area (Å²) in [4.78, 5) is 21.8. The zero-order valence-electron chi connectivity index (χ0n) is 21.6. The summed E-state index contributed by atoms with van der Waals surface area (Å²) in [6.07, 6.45) is 7.64. The van der Waals surface area contributed by atoms with E-state index in [0.717, 1.165) is 37.2 Å². The minimum Gasteiger partial charge on any atom is -0.420 e. The minimum atomic E-state index is -0.115. The highest BCUT2D eigenvalue weighted by atomic mass is 16.5. The second kappa shape index (κ2) is 11.9. The minimum absolute atomic E-state index is 0.115. The molecule has 0 bridgehead atoms. The van der Waals surface area contributed by atoms with Crippen LogP contribution in [0.15, 0.2) is 95.7 Å². The van der Waals surface area contributed by atoms with E-state index < -0.39 is 0 Å². The van der Waals surface area contributed by atoms with Crippen molar-refractivity contribution in [3.8, 4) is 0 Å². The van der Waals surface area contributed by atoms with Crippen molar-refractivity contribution >= 4 is 23.7 Å². The number of nitrogens with zero attached hydrogens (tertiary/aromatic N) is 3. The second-order valence-corrected chi connectivity index (χ2v) is 9.78. The van der Waals surface area contributed by atoms with E-state index in [1.54, 1.807) is 4.90 Å². The Labute approximate surface area is 220 Å². The van der Waals surface area contributed by atoms with Gasteiger partial charge < -0.3 is 9.64 Å². The fraction of sp³-hybridized carbons (Fsp3) is 0.312. The van der Waals surface area contributed by atoms with Crippen LogP contribution in [0.5, 0.6) is 0 Å². The van der Waals surface area contributed by atoms with E-state index in [1.165, 1.54) is 30.4 Å². The monoisotopic (exact) mass is 493 g/mol. The van der Waals surface area contributed by atoms with Crippen molar-refractivity contribution in [1.29, 1.82) is 0 Å². The predicted octanol–water partition coefficient (Wildman–Crippen LogP) is 6.80. The lowest BCUT2D eigenvalue weighted by molar-refractivity contribution is -0.122. The number of ether oxygens (including phenoxy) is 1. The largest absolute Gasteiger partial charge is 0.420 e. The summed E-state index contributed by atoms with van der Waals surface area (Å²) >= 11 is 0. The number of amidine groups is 1. The van der Waals surface area contributed by atoms with Crippen molar-refractivity contribution in [3.05, 3.63) is 107 Å². The van der Waals surface area contributed by atoms with Crippen LogP contribution >= 0.6 is 0 Å². The quantitative estimate of drug-likeness (QED) is 0.324. The van der Waals surface area contributed by atoms with Crippen LogP contribution in [0.25, 0.3) is 6.08 Å². The average Bonchev–Trinajstić information content (AvgIpc) is 3.23. The standard InChI is InChI=1S/C32H35N3O2/c1-2-35-31(36)30(37-32(35)33-28-16-10-5-11-17-28)22-25-18-20-29(21-19-25)34(23-26-12-6-3-7-13-26)24-27-14-8-4-9-15-27/h3-4,6-9,12-15,18-22,28H,2,5,10-11,16-17,23-24H2,1H3/b30-22+,33-32+. The molecule has 1 aliphatic heterocycles. The van der Waals surface area contributed by atoms with E-state index in [0.29, 0.717) is 18.3 Å². The van der Waals surface area contributed by atoms with Gasteiger partial charge in [0.15, 0.2) is 5.76 Å². The van der Waals surface area contributed by atoms with E-state index in [4.69, 9.17) is 9.73 Å². The third kappa shape index (κ3) is 6.29. The highest BCUT2D eigenvalue weighted by Gasteiger charge is 2.34. The lowest BCUT2D eigenvalue weighted by Gasteiger charge is -2.25. The van der Waals surface area contributed by atoms with Gasteiger partial charge in [-0.3, -0.25) is 9.69 Å². The molecule has 3 aromatic rings. The number of carbonyl (C=O) groups excluding carboxylic acids is 1. The Bertz CT molecular complexity index is 1190. The fourth-order valence-corrected chi connectivity index (χ4v) is 5.03. The van der Waals surface area contributed by atoms with Crippen LogP contribution < -0.4 is 4.90 Å². The van der Waals surface area contributed by atoms with Crippen LogP contribution in [0, 0.1) is 0 Å². The Morgan fingerprint density at radius 3 is 2.03 bits per heavy atom. The first kappa shape index (κ1) is 24.8. The maximum Gasteiger partial charge on any atom is 0.300 e. The van der Waals surface area contributed by atoms with Gasteiger partial charge in [-0.25, -0.2) is 4.99 Å². The van der Waals surface area contributed by atoms with Gasteiger partial charge in [0, 0.05) is 25.3 Å². The SMILES string of the molecule is CCN1C(=O)/C(=C\c2ccc(N(Cc3ccccc3)Cc3ccccc3)cc2)O/C1=N/C1CCCCC1. The number of likely N-dealkylation sites (N-methyl/N-ethyl adjacent to an activating group) is 1. The lowest BCUT2D eigenvalue weighted by atomic mass is 9.96. The summed E-state index contributed by atoms with van der Waals surface area (Å²) < 4.78 is 6.00. The normalized spacial score (nSPS) is 18.4. The second-order valence-electron chi connectivity index (χ2n) is 9.78. The number of aliphatic imine (C=N–C) groups is 1. The van der Waals surface area contributed by atoms with Gasteiger partial charge in [-0.05, 0) is 54.7 Å². The summed E-state index contributed by atoms with van der Waals surface area (Å²) in [5.74, 6) is 0.227. The van der Waals surface area contributed by atoms with Crippen LogP contribution in [-0.2, 0) is 22.6 Å². The molecule has 0 atom stereocenters. The maximum absolute atomic E-state index is 13.0. The third-order valence-electron chi connectivity index (χ3n) is 7.06. The molecule has 5 nitrogen and oxygen atoms in total. The predicted molar refractivity (Wildman–Crippen MR) is 150 cm³/mol. The molecule has 0 radical (unpaired) electrons. The Kier molecular flexibility index (Phi) is 7.99. The van der Waals surface area contributed by atoms with Crippen LogP contribution in [-0.4, -0.2) is 29.4 Å². The fourth-order valence-electron chi connectivity index (χ4n) is 5.03. The van der Waals surface area contributed by atoms with E-state index in [2.05, 4.69) is 77.7 Å². The van der Waals surface area contributed by atoms with Gasteiger partial charge >= 0.3 is 6.02 Å². The van der Waals surface area contributed by atoms with Gasteiger partial charge in [-0.1, -0.05) is 92.1 Å². The van der Waals surface area contributed by atoms with Crippen LogP contribution in [0.3, 0.4) is 0 Å². The molecule has 1 heterocycles. The van der Waals surface area contributed by atoms with Crippen molar-refractivity contribution in [2.24, 2.45) is 4.99 Å². The summed E-state index contributed by atoms with van der Waals surface area (Å²) in [5.41, 5.74) is 4.59. The average molecular weight is 494 g/mol.